The molecule has 0 saturated heterocycles. The summed E-state index contributed by atoms with van der Waals surface area (Å²) in [5.41, 5.74) is -0.516. The van der Waals surface area contributed by atoms with E-state index in [1.165, 1.54) is 0 Å². The summed E-state index contributed by atoms with van der Waals surface area (Å²) in [4.78, 5) is 10.8. The van der Waals surface area contributed by atoms with Crippen LogP contribution in [0, 0.1) is 17.6 Å². The van der Waals surface area contributed by atoms with E-state index in [1.54, 1.807) is 0 Å². The third-order valence-corrected chi connectivity index (χ3v) is 2.51. The van der Waals surface area contributed by atoms with E-state index < -0.39 is 23.2 Å². The van der Waals surface area contributed by atoms with Gasteiger partial charge in [-0.05, 0) is 25.3 Å². The molecule has 3 nitrogen and oxygen atoms in total. The molecule has 1 aromatic rings. The van der Waals surface area contributed by atoms with Crippen LogP contribution in [0.3, 0.4) is 0 Å². The van der Waals surface area contributed by atoms with Crippen LogP contribution in [-0.4, -0.2) is 17.1 Å². The van der Waals surface area contributed by atoms with Gasteiger partial charge >= 0.3 is 5.97 Å². The SMILES string of the molecule is CC(C)CC(C)Nc1cc(C(=O)O)c(F)cc1F. The van der Waals surface area contributed by atoms with Gasteiger partial charge in [-0.25, -0.2) is 13.6 Å². The van der Waals surface area contributed by atoms with E-state index >= 15 is 0 Å². The quantitative estimate of drug-likeness (QED) is 0.848. The Morgan fingerprint density at radius 1 is 1.28 bits per heavy atom. The summed E-state index contributed by atoms with van der Waals surface area (Å²) in [5.74, 6) is -2.84. The summed E-state index contributed by atoms with van der Waals surface area (Å²) in [5, 5.41) is 11.6. The number of benzene rings is 1. The van der Waals surface area contributed by atoms with Crippen LogP contribution in [-0.2, 0) is 0 Å². The van der Waals surface area contributed by atoms with Crippen molar-refractivity contribution < 1.29 is 18.7 Å². The Kier molecular flexibility index (Phi) is 4.64. The minimum atomic E-state index is -1.41. The highest BCUT2D eigenvalue weighted by Crippen LogP contribution is 2.21. The molecule has 0 spiro atoms. The van der Waals surface area contributed by atoms with Gasteiger partial charge in [-0.3, -0.25) is 0 Å². The van der Waals surface area contributed by atoms with Crippen LogP contribution >= 0.6 is 0 Å². The number of halogens is 2. The first-order chi connectivity index (χ1) is 8.31. The molecule has 1 unspecified atom stereocenters. The normalized spacial score (nSPS) is 12.6. The summed E-state index contributed by atoms with van der Waals surface area (Å²) in [6, 6.07) is 1.56. The van der Waals surface area contributed by atoms with Crippen LogP contribution in [0.15, 0.2) is 12.1 Å². The number of hydrogen-bond donors (Lipinski definition) is 2. The number of rotatable bonds is 5. The number of anilines is 1. The summed E-state index contributed by atoms with van der Waals surface area (Å²) < 4.78 is 26.7. The molecule has 0 aliphatic heterocycles. The second-order valence-electron chi connectivity index (χ2n) is 4.79. The van der Waals surface area contributed by atoms with E-state index in [1.807, 2.05) is 20.8 Å². The van der Waals surface area contributed by atoms with Crippen molar-refractivity contribution in [1.29, 1.82) is 0 Å². The number of hydrogen-bond acceptors (Lipinski definition) is 2. The Balaban J connectivity index is 2.95. The van der Waals surface area contributed by atoms with E-state index in [4.69, 9.17) is 5.11 Å². The predicted octanol–water partition coefficient (Wildman–Crippen LogP) is 3.51. The van der Waals surface area contributed by atoms with Crippen molar-refractivity contribution in [3.63, 3.8) is 0 Å². The van der Waals surface area contributed by atoms with Gasteiger partial charge in [0.1, 0.15) is 11.6 Å². The summed E-state index contributed by atoms with van der Waals surface area (Å²) >= 11 is 0. The Bertz CT molecular complexity index is 447. The maximum atomic E-state index is 13.5. The van der Waals surface area contributed by atoms with Crippen molar-refractivity contribution in [2.75, 3.05) is 5.32 Å². The van der Waals surface area contributed by atoms with Crippen LogP contribution in [0.5, 0.6) is 0 Å². The maximum Gasteiger partial charge on any atom is 0.338 e. The third kappa shape index (κ3) is 3.68. The highest BCUT2D eigenvalue weighted by molar-refractivity contribution is 5.89. The van der Waals surface area contributed by atoms with E-state index in [2.05, 4.69) is 5.32 Å². The maximum absolute atomic E-state index is 13.5. The zero-order chi connectivity index (χ0) is 13.9. The molecule has 0 saturated carbocycles. The fourth-order valence-corrected chi connectivity index (χ4v) is 1.85. The highest BCUT2D eigenvalue weighted by atomic mass is 19.1. The second kappa shape index (κ2) is 5.80. The molecule has 0 aromatic heterocycles. The summed E-state index contributed by atoms with van der Waals surface area (Å²) in [6.45, 7) is 5.92. The van der Waals surface area contributed by atoms with Crippen molar-refractivity contribution in [3.8, 4) is 0 Å². The molecule has 18 heavy (non-hydrogen) atoms. The molecule has 1 atom stereocenters. The van der Waals surface area contributed by atoms with Crippen LogP contribution < -0.4 is 5.32 Å². The van der Waals surface area contributed by atoms with Crippen molar-refractivity contribution in [2.45, 2.75) is 33.2 Å². The lowest BCUT2D eigenvalue weighted by Gasteiger charge is -2.18. The van der Waals surface area contributed by atoms with Crippen LogP contribution in [0.4, 0.5) is 14.5 Å². The molecule has 1 rings (SSSR count). The van der Waals surface area contributed by atoms with Gasteiger partial charge in [0.25, 0.3) is 0 Å². The second-order valence-corrected chi connectivity index (χ2v) is 4.79. The van der Waals surface area contributed by atoms with Crippen LogP contribution in [0.25, 0.3) is 0 Å². The molecule has 0 radical (unpaired) electrons. The smallest absolute Gasteiger partial charge is 0.338 e. The molecule has 0 amide bonds. The van der Waals surface area contributed by atoms with Gasteiger partial charge < -0.3 is 10.4 Å². The number of carboxylic acids is 1. The minimum absolute atomic E-state index is 0.0157. The Morgan fingerprint density at radius 3 is 2.39 bits per heavy atom. The lowest BCUT2D eigenvalue weighted by atomic mass is 10.0. The highest BCUT2D eigenvalue weighted by Gasteiger charge is 2.16. The van der Waals surface area contributed by atoms with Crippen molar-refractivity contribution in [3.05, 3.63) is 29.3 Å². The molecule has 0 fully saturated rings. The van der Waals surface area contributed by atoms with Gasteiger partial charge in [-0.1, -0.05) is 13.8 Å². The lowest BCUT2D eigenvalue weighted by Crippen LogP contribution is -2.19. The molecule has 0 bridgehead atoms. The van der Waals surface area contributed by atoms with Gasteiger partial charge in [-0.15, -0.1) is 0 Å². The van der Waals surface area contributed by atoms with Gasteiger partial charge in [0.15, 0.2) is 0 Å². The van der Waals surface area contributed by atoms with Crippen molar-refractivity contribution in [1.82, 2.24) is 0 Å². The van der Waals surface area contributed by atoms with E-state index in [0.717, 1.165) is 12.5 Å². The topological polar surface area (TPSA) is 49.3 Å². The molecule has 2 N–H and O–H groups in total. The molecular weight excluding hydrogens is 240 g/mol. The fourth-order valence-electron chi connectivity index (χ4n) is 1.85. The van der Waals surface area contributed by atoms with Crippen molar-refractivity contribution in [2.24, 2.45) is 5.92 Å². The van der Waals surface area contributed by atoms with Crippen LogP contribution in [0.2, 0.25) is 0 Å². The zero-order valence-corrected chi connectivity index (χ0v) is 10.6. The summed E-state index contributed by atoms with van der Waals surface area (Å²) in [7, 11) is 0. The first kappa shape index (κ1) is 14.4. The fraction of sp³-hybridized carbons (Fsp3) is 0.462. The predicted molar refractivity (Wildman–Crippen MR) is 65.9 cm³/mol. The molecule has 0 aliphatic carbocycles. The molecular formula is C13H17F2NO2. The monoisotopic (exact) mass is 257 g/mol. The van der Waals surface area contributed by atoms with Gasteiger partial charge in [0, 0.05) is 12.1 Å². The average Bonchev–Trinajstić information content (AvgIpc) is 2.20. The Morgan fingerprint density at radius 2 is 1.89 bits per heavy atom. The van der Waals surface area contributed by atoms with Crippen LogP contribution in [0.1, 0.15) is 37.6 Å². The number of carbonyl (C=O) groups is 1. The van der Waals surface area contributed by atoms with Gasteiger partial charge in [0.2, 0.25) is 0 Å². The molecule has 100 valence electrons. The first-order valence-electron chi connectivity index (χ1n) is 5.80. The first-order valence-corrected chi connectivity index (χ1v) is 5.80. The largest absolute Gasteiger partial charge is 0.478 e. The Labute approximate surface area is 105 Å². The Hall–Kier alpha value is -1.65. The number of aromatic carboxylic acids is 1. The molecule has 5 heteroatoms. The number of nitrogens with one attached hydrogen (secondary N) is 1. The summed E-state index contributed by atoms with van der Waals surface area (Å²) in [6.07, 6.45) is 0.805. The standard InChI is InChI=1S/C13H17F2NO2/c1-7(2)4-8(3)16-12-5-9(13(17)18)10(14)6-11(12)15/h5-8,16H,4H2,1-3H3,(H,17,18). The molecule has 1 aromatic carbocycles. The molecule has 0 heterocycles. The zero-order valence-electron chi connectivity index (χ0n) is 10.6. The third-order valence-electron chi connectivity index (χ3n) is 2.51. The minimum Gasteiger partial charge on any atom is -0.478 e. The van der Waals surface area contributed by atoms with Crippen molar-refractivity contribution >= 4 is 11.7 Å². The van der Waals surface area contributed by atoms with Gasteiger partial charge in [0.05, 0.1) is 11.3 Å². The van der Waals surface area contributed by atoms with Gasteiger partial charge in [-0.2, -0.15) is 0 Å². The van der Waals surface area contributed by atoms with E-state index in [-0.39, 0.29) is 11.7 Å². The lowest BCUT2D eigenvalue weighted by molar-refractivity contribution is 0.0692. The average molecular weight is 257 g/mol. The van der Waals surface area contributed by atoms with E-state index in [0.29, 0.717) is 12.0 Å². The van der Waals surface area contributed by atoms with E-state index in [9.17, 15) is 13.6 Å². The number of carboxylic acid groups (broad SMARTS) is 1. The molecule has 0 aliphatic rings.